The van der Waals surface area contributed by atoms with E-state index in [0.717, 1.165) is 16.0 Å². The van der Waals surface area contributed by atoms with Crippen molar-refractivity contribution in [3.8, 4) is 11.8 Å². The largest absolute Gasteiger partial charge is 0.393 e. The smallest absolute Gasteiger partial charge is 0.357 e. The Morgan fingerprint density at radius 2 is 1.63 bits per heavy atom. The Labute approximate surface area is 218 Å². The molecule has 8 nitrogen and oxygen atoms in total. The number of piperidine rings is 1. The van der Waals surface area contributed by atoms with Gasteiger partial charge in [-0.1, -0.05) is 24.0 Å². The van der Waals surface area contributed by atoms with Crippen LogP contribution < -0.4 is 10.8 Å². The minimum absolute atomic E-state index is 0.0143. The van der Waals surface area contributed by atoms with Gasteiger partial charge in [-0.3, -0.25) is 24.5 Å². The fourth-order valence-corrected chi connectivity index (χ4v) is 4.25. The van der Waals surface area contributed by atoms with Crippen molar-refractivity contribution in [3.63, 3.8) is 0 Å². The highest BCUT2D eigenvalue weighted by Crippen LogP contribution is 2.33. The number of carbonyl (C=O) groups is 3. The number of rotatable bonds is 6. The maximum atomic E-state index is 13.0. The summed E-state index contributed by atoms with van der Waals surface area (Å²) in [7, 11) is 2.58. The van der Waals surface area contributed by atoms with Crippen LogP contribution in [0.25, 0.3) is 0 Å². The predicted octanol–water partition coefficient (Wildman–Crippen LogP) is 2.55. The van der Waals surface area contributed by atoms with E-state index in [9.17, 15) is 27.6 Å². The lowest BCUT2D eigenvalue weighted by molar-refractivity contribution is -0.187. The number of amides is 3. The molecule has 38 heavy (non-hydrogen) atoms. The Kier molecular flexibility index (Phi) is 9.50. The molecule has 0 bridgehead atoms. The summed E-state index contributed by atoms with van der Waals surface area (Å²) in [5, 5.41) is 11.2. The Hall–Kier alpha value is -3.88. The van der Waals surface area contributed by atoms with E-state index in [1.807, 2.05) is 29.2 Å². The Morgan fingerprint density at radius 3 is 2.16 bits per heavy atom. The average molecular weight is 531 g/mol. The number of hydroxylamine groups is 1. The Bertz CT molecular complexity index is 1190. The van der Waals surface area contributed by atoms with Crippen molar-refractivity contribution in [2.24, 2.45) is 5.92 Å². The molecular weight excluding hydrogens is 501 g/mol. The summed E-state index contributed by atoms with van der Waals surface area (Å²) in [6.45, 7) is 1.11. The first kappa shape index (κ1) is 28.7. The number of nitrogens with zero attached hydrogens (tertiary/aromatic N) is 2. The van der Waals surface area contributed by atoms with Crippen molar-refractivity contribution in [2.75, 3.05) is 27.2 Å². The molecule has 3 amide bonds. The summed E-state index contributed by atoms with van der Waals surface area (Å²) in [6.07, 6.45) is -3.46. The summed E-state index contributed by atoms with van der Waals surface area (Å²) in [6, 6.07) is 12.0. The molecule has 2 unspecified atom stereocenters. The summed E-state index contributed by atoms with van der Waals surface area (Å²) in [5.74, 6) is 2.31. The monoisotopic (exact) mass is 530 g/mol. The van der Waals surface area contributed by atoms with E-state index >= 15 is 0 Å². The molecule has 2 atom stereocenters. The maximum Gasteiger partial charge on any atom is 0.393 e. The zero-order chi connectivity index (χ0) is 27.9. The number of hydrogen-bond donors (Lipinski definition) is 3. The number of benzene rings is 2. The number of likely N-dealkylation sites (tertiary alicyclic amines) is 1. The first-order valence-corrected chi connectivity index (χ1v) is 12.0. The van der Waals surface area contributed by atoms with Gasteiger partial charge >= 0.3 is 6.18 Å². The zero-order valence-corrected chi connectivity index (χ0v) is 21.0. The molecule has 0 spiro atoms. The lowest BCUT2D eigenvalue weighted by atomic mass is 9.97. The number of carbonyl (C=O) groups excluding carboxylic acids is 3. The number of nitrogens with one attached hydrogen (secondary N) is 2. The Morgan fingerprint density at radius 1 is 1.05 bits per heavy atom. The van der Waals surface area contributed by atoms with Crippen LogP contribution in [0.1, 0.15) is 39.9 Å². The number of likely N-dealkylation sites (N-methyl/N-ethyl adjacent to an activating group) is 2. The maximum absolute atomic E-state index is 13.0. The molecule has 0 saturated carbocycles. The fourth-order valence-electron chi connectivity index (χ4n) is 4.25. The fraction of sp³-hybridized carbons (Fsp3) is 0.370. The lowest BCUT2D eigenvalue weighted by Crippen LogP contribution is -2.54. The molecule has 1 heterocycles. The first-order valence-electron chi connectivity index (χ1n) is 12.0. The molecule has 2 aromatic rings. The van der Waals surface area contributed by atoms with Gasteiger partial charge < -0.3 is 10.2 Å². The number of alkyl halides is 3. The van der Waals surface area contributed by atoms with Crippen LogP contribution >= 0.6 is 0 Å². The molecule has 3 rings (SSSR count). The van der Waals surface area contributed by atoms with E-state index in [1.54, 1.807) is 12.1 Å². The van der Waals surface area contributed by atoms with Gasteiger partial charge in [-0.2, -0.15) is 13.2 Å². The lowest BCUT2D eigenvalue weighted by Gasteiger charge is -2.33. The van der Waals surface area contributed by atoms with E-state index in [2.05, 4.69) is 17.2 Å². The minimum Gasteiger partial charge on any atom is -0.357 e. The van der Waals surface area contributed by atoms with Gasteiger partial charge in [0.15, 0.2) is 6.04 Å². The molecule has 0 aromatic heterocycles. The van der Waals surface area contributed by atoms with Crippen molar-refractivity contribution >= 4 is 17.7 Å². The molecular formula is C27H29F3N4O4. The van der Waals surface area contributed by atoms with E-state index in [1.165, 1.54) is 31.7 Å². The predicted molar refractivity (Wildman–Crippen MR) is 133 cm³/mol. The van der Waals surface area contributed by atoms with Gasteiger partial charge in [0.25, 0.3) is 17.7 Å². The van der Waals surface area contributed by atoms with Crippen LogP contribution in [0.2, 0.25) is 0 Å². The normalized spacial score (nSPS) is 16.5. The number of halogens is 3. The van der Waals surface area contributed by atoms with Gasteiger partial charge in [-0.25, -0.2) is 5.48 Å². The van der Waals surface area contributed by atoms with Crippen molar-refractivity contribution < 1.29 is 32.8 Å². The van der Waals surface area contributed by atoms with Crippen LogP contribution in [-0.2, 0) is 16.1 Å². The minimum atomic E-state index is -4.16. The van der Waals surface area contributed by atoms with Crippen molar-refractivity contribution in [3.05, 3.63) is 70.8 Å². The highest BCUT2D eigenvalue weighted by atomic mass is 19.4. The van der Waals surface area contributed by atoms with Crippen LogP contribution in [0.3, 0.4) is 0 Å². The molecule has 3 N–H and O–H groups in total. The highest BCUT2D eigenvalue weighted by Gasteiger charge is 2.41. The summed E-state index contributed by atoms with van der Waals surface area (Å²) in [5.41, 5.74) is 3.86. The topological polar surface area (TPSA) is 102 Å². The SMILES string of the molecule is CNC(=O)C(C(=O)NO)N(C)C(=O)c1ccc(C#Cc2ccc(CN3CCCC(C(F)(F)F)C3)cc2)cc1. The quantitative estimate of drug-likeness (QED) is 0.231. The molecule has 2 aromatic carbocycles. The van der Waals surface area contributed by atoms with Crippen LogP contribution in [0.15, 0.2) is 48.5 Å². The third-order valence-corrected chi connectivity index (χ3v) is 6.37. The second kappa shape index (κ2) is 12.6. The van der Waals surface area contributed by atoms with Crippen LogP contribution in [0.4, 0.5) is 13.2 Å². The van der Waals surface area contributed by atoms with Gasteiger partial charge in [-0.15, -0.1) is 0 Å². The van der Waals surface area contributed by atoms with Crippen LogP contribution in [-0.4, -0.2) is 72.1 Å². The van der Waals surface area contributed by atoms with Crippen molar-refractivity contribution in [1.29, 1.82) is 0 Å². The van der Waals surface area contributed by atoms with Crippen LogP contribution in [0.5, 0.6) is 0 Å². The molecule has 0 aliphatic carbocycles. The van der Waals surface area contributed by atoms with E-state index in [0.29, 0.717) is 25.1 Å². The third-order valence-electron chi connectivity index (χ3n) is 6.37. The molecule has 1 fully saturated rings. The van der Waals surface area contributed by atoms with Gasteiger partial charge in [0.1, 0.15) is 0 Å². The summed E-state index contributed by atoms with van der Waals surface area (Å²) < 4.78 is 39.1. The molecule has 0 radical (unpaired) electrons. The molecule has 11 heteroatoms. The Balaban J connectivity index is 1.62. The van der Waals surface area contributed by atoms with Crippen molar-refractivity contribution in [1.82, 2.24) is 20.6 Å². The first-order chi connectivity index (χ1) is 18.0. The van der Waals surface area contributed by atoms with Gasteiger partial charge in [0.2, 0.25) is 0 Å². The second-order valence-corrected chi connectivity index (χ2v) is 9.05. The van der Waals surface area contributed by atoms with E-state index in [-0.39, 0.29) is 18.5 Å². The third kappa shape index (κ3) is 7.34. The van der Waals surface area contributed by atoms with Gasteiger partial charge in [0.05, 0.1) is 5.92 Å². The zero-order valence-electron chi connectivity index (χ0n) is 21.0. The molecule has 202 valence electrons. The highest BCUT2D eigenvalue weighted by molar-refractivity contribution is 6.08. The summed E-state index contributed by atoms with van der Waals surface area (Å²) in [4.78, 5) is 39.3. The van der Waals surface area contributed by atoms with E-state index < -0.39 is 35.9 Å². The molecule has 1 aliphatic heterocycles. The van der Waals surface area contributed by atoms with Gasteiger partial charge in [-0.05, 0) is 61.3 Å². The van der Waals surface area contributed by atoms with Crippen LogP contribution in [0, 0.1) is 17.8 Å². The summed E-state index contributed by atoms with van der Waals surface area (Å²) >= 11 is 0. The van der Waals surface area contributed by atoms with Crippen molar-refractivity contribution in [2.45, 2.75) is 31.6 Å². The standard InChI is InChI=1S/C27H29F3N4O4/c1-31-24(35)23(25(36)32-38)33(2)26(37)21-13-11-19(12-14-21)6-5-18-7-9-20(10-8-18)16-34-15-3-4-22(17-34)27(28,29)30/h7-14,22-23,38H,3-4,15-17H2,1-2H3,(H,31,35)(H,32,36). The number of hydrogen-bond acceptors (Lipinski definition) is 5. The molecule has 1 aliphatic rings. The second-order valence-electron chi connectivity index (χ2n) is 9.05. The molecule has 1 saturated heterocycles. The van der Waals surface area contributed by atoms with Gasteiger partial charge in [0, 0.05) is 43.9 Å². The average Bonchev–Trinajstić information content (AvgIpc) is 2.92. The van der Waals surface area contributed by atoms with E-state index in [4.69, 9.17) is 5.21 Å².